The number of nitrogens with zero attached hydrogens (tertiary/aromatic N) is 2. The summed E-state index contributed by atoms with van der Waals surface area (Å²) in [5.41, 5.74) is 0. The van der Waals surface area contributed by atoms with Crippen LogP contribution >= 0.6 is 0 Å². The Hall–Kier alpha value is -1.79. The van der Waals surface area contributed by atoms with Crippen LogP contribution in [0.2, 0.25) is 0 Å². The van der Waals surface area contributed by atoms with Crippen LogP contribution in [-0.2, 0) is 9.59 Å². The molecule has 3 amide bonds. The number of rotatable bonds is 5. The fourth-order valence-electron chi connectivity index (χ4n) is 2.48. The predicted molar refractivity (Wildman–Crippen MR) is 77.9 cm³/mol. The Morgan fingerprint density at radius 1 is 1.24 bits per heavy atom. The van der Waals surface area contributed by atoms with E-state index in [4.69, 9.17) is 5.11 Å². The van der Waals surface area contributed by atoms with Crippen LogP contribution < -0.4 is 5.32 Å². The zero-order chi connectivity index (χ0) is 16.0. The van der Waals surface area contributed by atoms with E-state index in [2.05, 4.69) is 5.32 Å². The minimum absolute atomic E-state index is 0.103. The molecule has 2 N–H and O–H groups in total. The molecule has 1 rings (SSSR count). The van der Waals surface area contributed by atoms with Crippen molar-refractivity contribution in [3.63, 3.8) is 0 Å². The molecule has 0 bridgehead atoms. The number of hydrogen-bond donors (Lipinski definition) is 2. The Morgan fingerprint density at radius 3 is 2.19 bits per heavy atom. The molecule has 0 aromatic carbocycles. The van der Waals surface area contributed by atoms with E-state index in [0.29, 0.717) is 39.0 Å². The van der Waals surface area contributed by atoms with Gasteiger partial charge in [0, 0.05) is 26.2 Å². The van der Waals surface area contributed by atoms with E-state index in [1.165, 1.54) is 0 Å². The summed E-state index contributed by atoms with van der Waals surface area (Å²) in [5.74, 6) is -1.28. The SMILES string of the molecule is CCN(CC)C(=O)C(C)NC(=O)N1CCC(C(=O)O)CC1. The maximum absolute atomic E-state index is 12.1. The third-order valence-electron chi connectivity index (χ3n) is 3.92. The average Bonchev–Trinajstić information content (AvgIpc) is 2.48. The van der Waals surface area contributed by atoms with E-state index >= 15 is 0 Å². The number of likely N-dealkylation sites (N-methyl/N-ethyl adjacent to an activating group) is 1. The summed E-state index contributed by atoms with van der Waals surface area (Å²) >= 11 is 0. The first kappa shape index (κ1) is 17.3. The number of carboxylic acids is 1. The number of likely N-dealkylation sites (tertiary alicyclic amines) is 1. The van der Waals surface area contributed by atoms with Crippen molar-refractivity contribution >= 4 is 17.9 Å². The summed E-state index contributed by atoms with van der Waals surface area (Å²) < 4.78 is 0. The second kappa shape index (κ2) is 7.85. The summed E-state index contributed by atoms with van der Waals surface area (Å²) in [4.78, 5) is 38.3. The Morgan fingerprint density at radius 2 is 1.76 bits per heavy atom. The molecule has 7 nitrogen and oxygen atoms in total. The number of nitrogens with one attached hydrogen (secondary N) is 1. The van der Waals surface area contributed by atoms with Gasteiger partial charge in [0.15, 0.2) is 0 Å². The fraction of sp³-hybridized carbons (Fsp3) is 0.786. The summed E-state index contributed by atoms with van der Waals surface area (Å²) in [6, 6.07) is -0.874. The maximum atomic E-state index is 12.1. The van der Waals surface area contributed by atoms with Gasteiger partial charge in [-0.1, -0.05) is 0 Å². The van der Waals surface area contributed by atoms with Crippen molar-refractivity contribution in [2.24, 2.45) is 5.92 Å². The van der Waals surface area contributed by atoms with E-state index in [1.807, 2.05) is 13.8 Å². The lowest BCUT2D eigenvalue weighted by atomic mass is 9.97. The van der Waals surface area contributed by atoms with Gasteiger partial charge in [0.25, 0.3) is 0 Å². The van der Waals surface area contributed by atoms with E-state index in [-0.39, 0.29) is 17.9 Å². The van der Waals surface area contributed by atoms with Gasteiger partial charge in [0.05, 0.1) is 5.92 Å². The minimum Gasteiger partial charge on any atom is -0.481 e. The Labute approximate surface area is 125 Å². The average molecular weight is 299 g/mol. The van der Waals surface area contributed by atoms with Crippen LogP contribution in [0.5, 0.6) is 0 Å². The highest BCUT2D eigenvalue weighted by Gasteiger charge is 2.28. The number of aliphatic carboxylic acids is 1. The number of hydrogen-bond acceptors (Lipinski definition) is 3. The molecule has 1 unspecified atom stereocenters. The van der Waals surface area contributed by atoms with Gasteiger partial charge in [-0.15, -0.1) is 0 Å². The molecule has 120 valence electrons. The molecule has 1 atom stereocenters. The second-order valence-electron chi connectivity index (χ2n) is 5.28. The Kier molecular flexibility index (Phi) is 6.45. The zero-order valence-corrected chi connectivity index (χ0v) is 13.0. The molecule has 0 aliphatic carbocycles. The van der Waals surface area contributed by atoms with Gasteiger partial charge in [-0.25, -0.2) is 4.79 Å². The predicted octanol–water partition coefficient (Wildman–Crippen LogP) is 0.750. The highest BCUT2D eigenvalue weighted by Crippen LogP contribution is 2.17. The van der Waals surface area contributed by atoms with Gasteiger partial charge < -0.3 is 20.2 Å². The van der Waals surface area contributed by atoms with E-state index in [0.717, 1.165) is 0 Å². The molecule has 21 heavy (non-hydrogen) atoms. The topological polar surface area (TPSA) is 90.0 Å². The molecule has 0 aromatic heterocycles. The molecule has 1 fully saturated rings. The number of piperidine rings is 1. The van der Waals surface area contributed by atoms with Gasteiger partial charge >= 0.3 is 12.0 Å². The summed E-state index contributed by atoms with van der Waals surface area (Å²) in [5, 5.41) is 11.6. The Bertz CT molecular complexity index is 388. The number of carbonyl (C=O) groups is 3. The molecule has 0 saturated carbocycles. The molecule has 1 saturated heterocycles. The minimum atomic E-state index is -0.805. The molecule has 0 aromatic rings. The van der Waals surface area contributed by atoms with Crippen LogP contribution in [0.4, 0.5) is 4.79 Å². The first-order chi connectivity index (χ1) is 9.90. The second-order valence-corrected chi connectivity index (χ2v) is 5.28. The van der Waals surface area contributed by atoms with Crippen molar-refractivity contribution < 1.29 is 19.5 Å². The third kappa shape index (κ3) is 4.61. The monoisotopic (exact) mass is 299 g/mol. The van der Waals surface area contributed by atoms with Crippen molar-refractivity contribution in [1.82, 2.24) is 15.1 Å². The molecular formula is C14H25N3O4. The number of carbonyl (C=O) groups excluding carboxylic acids is 2. The molecule has 1 aliphatic rings. The Balaban J connectivity index is 2.47. The summed E-state index contributed by atoms with van der Waals surface area (Å²) in [6.45, 7) is 7.50. The number of urea groups is 1. The number of amides is 3. The molecule has 1 heterocycles. The lowest BCUT2D eigenvalue weighted by Gasteiger charge is -2.31. The van der Waals surface area contributed by atoms with Gasteiger partial charge in [-0.3, -0.25) is 9.59 Å². The van der Waals surface area contributed by atoms with Gasteiger partial charge in [0.2, 0.25) is 5.91 Å². The molecule has 0 spiro atoms. The largest absolute Gasteiger partial charge is 0.481 e. The quantitative estimate of drug-likeness (QED) is 0.784. The first-order valence-corrected chi connectivity index (χ1v) is 7.47. The molecular weight excluding hydrogens is 274 g/mol. The third-order valence-corrected chi connectivity index (χ3v) is 3.92. The highest BCUT2D eigenvalue weighted by atomic mass is 16.4. The standard InChI is InChI=1S/C14H25N3O4/c1-4-16(5-2)12(18)10(3)15-14(21)17-8-6-11(7-9-17)13(19)20/h10-11H,4-9H2,1-3H3,(H,15,21)(H,19,20). The lowest BCUT2D eigenvalue weighted by Crippen LogP contribution is -2.52. The van der Waals surface area contributed by atoms with E-state index in [9.17, 15) is 14.4 Å². The van der Waals surface area contributed by atoms with Crippen molar-refractivity contribution in [2.75, 3.05) is 26.2 Å². The highest BCUT2D eigenvalue weighted by molar-refractivity contribution is 5.86. The van der Waals surface area contributed by atoms with Crippen molar-refractivity contribution in [2.45, 2.75) is 39.7 Å². The molecule has 1 aliphatic heterocycles. The summed E-state index contributed by atoms with van der Waals surface area (Å²) in [7, 11) is 0. The zero-order valence-electron chi connectivity index (χ0n) is 13.0. The van der Waals surface area contributed by atoms with Gasteiger partial charge in [-0.05, 0) is 33.6 Å². The van der Waals surface area contributed by atoms with Crippen LogP contribution in [0.3, 0.4) is 0 Å². The van der Waals surface area contributed by atoms with Crippen molar-refractivity contribution in [3.8, 4) is 0 Å². The van der Waals surface area contributed by atoms with Crippen LogP contribution in [0.1, 0.15) is 33.6 Å². The van der Waals surface area contributed by atoms with Crippen LogP contribution in [0.15, 0.2) is 0 Å². The van der Waals surface area contributed by atoms with Crippen LogP contribution in [0.25, 0.3) is 0 Å². The normalized spacial score (nSPS) is 17.2. The van der Waals surface area contributed by atoms with Gasteiger partial charge in [0.1, 0.15) is 6.04 Å². The number of carboxylic acid groups (broad SMARTS) is 1. The lowest BCUT2D eigenvalue weighted by molar-refractivity contribution is -0.143. The van der Waals surface area contributed by atoms with Crippen LogP contribution in [-0.4, -0.2) is 65.0 Å². The van der Waals surface area contributed by atoms with Crippen molar-refractivity contribution in [1.29, 1.82) is 0 Å². The van der Waals surface area contributed by atoms with E-state index < -0.39 is 12.0 Å². The van der Waals surface area contributed by atoms with Gasteiger partial charge in [-0.2, -0.15) is 0 Å². The maximum Gasteiger partial charge on any atom is 0.318 e. The molecule has 0 radical (unpaired) electrons. The first-order valence-electron chi connectivity index (χ1n) is 7.47. The fourth-order valence-corrected chi connectivity index (χ4v) is 2.48. The van der Waals surface area contributed by atoms with Crippen molar-refractivity contribution in [3.05, 3.63) is 0 Å². The summed E-state index contributed by atoms with van der Waals surface area (Å²) in [6.07, 6.45) is 0.919. The molecule has 7 heteroatoms. The van der Waals surface area contributed by atoms with Crippen LogP contribution in [0, 0.1) is 5.92 Å². The van der Waals surface area contributed by atoms with E-state index in [1.54, 1.807) is 16.7 Å². The smallest absolute Gasteiger partial charge is 0.318 e.